The van der Waals surface area contributed by atoms with Crippen LogP contribution in [0.2, 0.25) is 0 Å². The lowest BCUT2D eigenvalue weighted by molar-refractivity contribution is 0.0534. The van der Waals surface area contributed by atoms with Gasteiger partial charge in [-0.25, -0.2) is 14.0 Å². The molecule has 0 aliphatic rings. The Labute approximate surface area is 122 Å². The van der Waals surface area contributed by atoms with E-state index in [1.807, 2.05) is 0 Å². The fourth-order valence-electron chi connectivity index (χ4n) is 1.38. The topological polar surface area (TPSA) is 75.6 Å². The molecule has 0 aliphatic heterocycles. The Kier molecular flexibility index (Phi) is 5.30. The molecule has 5 nitrogen and oxygen atoms in total. The van der Waals surface area contributed by atoms with Crippen LogP contribution in [-0.4, -0.2) is 29.3 Å². The first-order valence-corrected chi connectivity index (χ1v) is 6.17. The Morgan fingerprint density at radius 3 is 2.62 bits per heavy atom. The van der Waals surface area contributed by atoms with E-state index < -0.39 is 23.5 Å². The monoisotopic (exact) mass is 293 g/mol. The SMILES string of the molecule is CC(C)(C)OC(=O)NCC#Cc1cc(F)ccc1C(=O)O. The highest BCUT2D eigenvalue weighted by atomic mass is 19.1. The number of halogens is 1. The minimum absolute atomic E-state index is 0.0372. The second-order valence-electron chi connectivity index (χ2n) is 5.15. The zero-order chi connectivity index (χ0) is 16.0. The standard InChI is InChI=1S/C15H16FNO4/c1-15(2,3)21-14(20)17-8-4-5-10-9-11(16)6-7-12(10)13(18)19/h6-7,9H,8H2,1-3H3,(H,17,20)(H,18,19). The normalized spacial score (nSPS) is 10.3. The second-order valence-corrected chi connectivity index (χ2v) is 5.15. The summed E-state index contributed by atoms with van der Waals surface area (Å²) in [5.74, 6) is 3.29. The van der Waals surface area contributed by atoms with Crippen molar-refractivity contribution in [3.8, 4) is 11.8 Å². The number of rotatable bonds is 2. The number of carbonyl (C=O) groups excluding carboxylic acids is 1. The molecule has 0 heterocycles. The van der Waals surface area contributed by atoms with Gasteiger partial charge in [0.1, 0.15) is 11.4 Å². The third-order valence-corrected chi connectivity index (χ3v) is 2.16. The molecule has 6 heteroatoms. The van der Waals surface area contributed by atoms with E-state index in [4.69, 9.17) is 9.84 Å². The molecule has 1 aromatic rings. The van der Waals surface area contributed by atoms with Gasteiger partial charge in [-0.1, -0.05) is 11.8 Å². The van der Waals surface area contributed by atoms with Crippen molar-refractivity contribution in [2.75, 3.05) is 6.54 Å². The predicted octanol–water partition coefficient (Wildman–Crippen LogP) is 2.40. The Bertz CT molecular complexity index is 608. The molecule has 0 bridgehead atoms. The van der Waals surface area contributed by atoms with Crippen molar-refractivity contribution in [3.63, 3.8) is 0 Å². The highest BCUT2D eigenvalue weighted by Crippen LogP contribution is 2.10. The molecular weight excluding hydrogens is 277 g/mol. The zero-order valence-electron chi connectivity index (χ0n) is 12.0. The predicted molar refractivity (Wildman–Crippen MR) is 74.5 cm³/mol. The molecule has 0 radical (unpaired) electrons. The van der Waals surface area contributed by atoms with Crippen molar-refractivity contribution in [1.29, 1.82) is 0 Å². The number of benzene rings is 1. The third kappa shape index (κ3) is 5.95. The van der Waals surface area contributed by atoms with Crippen LogP contribution in [0.25, 0.3) is 0 Å². The van der Waals surface area contributed by atoms with Gasteiger partial charge >= 0.3 is 12.1 Å². The van der Waals surface area contributed by atoms with E-state index in [9.17, 15) is 14.0 Å². The fourth-order valence-corrected chi connectivity index (χ4v) is 1.38. The Morgan fingerprint density at radius 2 is 2.05 bits per heavy atom. The van der Waals surface area contributed by atoms with Gasteiger partial charge in [0.25, 0.3) is 0 Å². The van der Waals surface area contributed by atoms with Gasteiger partial charge in [0, 0.05) is 5.56 Å². The number of amides is 1. The van der Waals surface area contributed by atoms with Crippen LogP contribution in [0.5, 0.6) is 0 Å². The average molecular weight is 293 g/mol. The molecule has 0 fully saturated rings. The smallest absolute Gasteiger partial charge is 0.408 e. The summed E-state index contributed by atoms with van der Waals surface area (Å²) in [7, 11) is 0. The molecule has 0 aliphatic carbocycles. The van der Waals surface area contributed by atoms with Gasteiger partial charge in [-0.3, -0.25) is 0 Å². The quantitative estimate of drug-likeness (QED) is 0.821. The van der Waals surface area contributed by atoms with Crippen LogP contribution in [-0.2, 0) is 4.74 Å². The molecule has 1 aromatic carbocycles. The van der Waals surface area contributed by atoms with E-state index in [-0.39, 0.29) is 17.7 Å². The average Bonchev–Trinajstić information content (AvgIpc) is 2.32. The van der Waals surface area contributed by atoms with E-state index in [0.29, 0.717) is 0 Å². The summed E-state index contributed by atoms with van der Waals surface area (Å²) < 4.78 is 18.1. The Morgan fingerprint density at radius 1 is 1.38 bits per heavy atom. The maximum Gasteiger partial charge on any atom is 0.408 e. The first-order chi connectivity index (χ1) is 9.69. The summed E-state index contributed by atoms with van der Waals surface area (Å²) >= 11 is 0. The first-order valence-electron chi connectivity index (χ1n) is 6.17. The van der Waals surface area contributed by atoms with E-state index >= 15 is 0 Å². The molecule has 0 unspecified atom stereocenters. The molecule has 1 rings (SSSR count). The van der Waals surface area contributed by atoms with Crippen LogP contribution in [0.15, 0.2) is 18.2 Å². The van der Waals surface area contributed by atoms with Gasteiger partial charge in [-0.05, 0) is 39.0 Å². The van der Waals surface area contributed by atoms with Gasteiger partial charge in [-0.15, -0.1) is 0 Å². The van der Waals surface area contributed by atoms with Crippen LogP contribution < -0.4 is 5.32 Å². The number of carboxylic acids is 1. The van der Waals surface area contributed by atoms with E-state index in [0.717, 1.165) is 18.2 Å². The molecule has 0 atom stereocenters. The van der Waals surface area contributed by atoms with Crippen LogP contribution in [0, 0.1) is 17.7 Å². The molecule has 0 spiro atoms. The maximum absolute atomic E-state index is 13.1. The lowest BCUT2D eigenvalue weighted by Crippen LogP contribution is -2.32. The lowest BCUT2D eigenvalue weighted by Gasteiger charge is -2.19. The summed E-state index contributed by atoms with van der Waals surface area (Å²) in [6.07, 6.45) is -0.630. The van der Waals surface area contributed by atoms with Crippen molar-refractivity contribution in [3.05, 3.63) is 35.1 Å². The number of nitrogens with one attached hydrogen (secondary N) is 1. The molecule has 1 amide bonds. The minimum Gasteiger partial charge on any atom is -0.478 e. The molecule has 0 saturated carbocycles. The van der Waals surface area contributed by atoms with Crippen molar-refractivity contribution >= 4 is 12.1 Å². The lowest BCUT2D eigenvalue weighted by atomic mass is 10.1. The molecule has 21 heavy (non-hydrogen) atoms. The Hall–Kier alpha value is -2.55. The first kappa shape index (κ1) is 16.5. The largest absolute Gasteiger partial charge is 0.478 e. The van der Waals surface area contributed by atoms with Crippen molar-refractivity contribution in [1.82, 2.24) is 5.32 Å². The van der Waals surface area contributed by atoms with Gasteiger partial charge in [-0.2, -0.15) is 0 Å². The molecule has 0 saturated heterocycles. The van der Waals surface area contributed by atoms with Gasteiger partial charge in [0.15, 0.2) is 0 Å². The second kappa shape index (κ2) is 6.75. The number of aromatic carboxylic acids is 1. The zero-order valence-corrected chi connectivity index (χ0v) is 12.0. The van der Waals surface area contributed by atoms with Crippen molar-refractivity contribution in [2.24, 2.45) is 0 Å². The molecule has 2 N–H and O–H groups in total. The maximum atomic E-state index is 13.1. The number of hydrogen-bond donors (Lipinski definition) is 2. The van der Waals surface area contributed by atoms with E-state index in [1.165, 1.54) is 0 Å². The summed E-state index contributed by atoms with van der Waals surface area (Å²) in [5.41, 5.74) is -0.661. The Balaban J connectivity index is 2.69. The van der Waals surface area contributed by atoms with Gasteiger partial charge < -0.3 is 15.2 Å². The van der Waals surface area contributed by atoms with Gasteiger partial charge in [0.2, 0.25) is 0 Å². The summed E-state index contributed by atoms with van der Waals surface area (Å²) in [6, 6.07) is 3.22. The molecule has 112 valence electrons. The number of hydrogen-bond acceptors (Lipinski definition) is 3. The van der Waals surface area contributed by atoms with Crippen LogP contribution in [0.1, 0.15) is 36.7 Å². The third-order valence-electron chi connectivity index (χ3n) is 2.16. The summed E-state index contributed by atoms with van der Waals surface area (Å²) in [4.78, 5) is 22.3. The number of carbonyl (C=O) groups is 2. The van der Waals surface area contributed by atoms with Crippen molar-refractivity contribution < 1.29 is 23.8 Å². The number of ether oxygens (including phenoxy) is 1. The highest BCUT2D eigenvalue weighted by Gasteiger charge is 2.15. The molecule has 0 aromatic heterocycles. The van der Waals surface area contributed by atoms with E-state index in [2.05, 4.69) is 17.2 Å². The van der Waals surface area contributed by atoms with Crippen LogP contribution >= 0.6 is 0 Å². The number of alkyl carbamates (subject to hydrolysis) is 1. The van der Waals surface area contributed by atoms with Crippen LogP contribution in [0.4, 0.5) is 9.18 Å². The minimum atomic E-state index is -1.19. The van der Waals surface area contributed by atoms with Crippen LogP contribution in [0.3, 0.4) is 0 Å². The van der Waals surface area contributed by atoms with Crippen molar-refractivity contribution in [2.45, 2.75) is 26.4 Å². The summed E-state index contributed by atoms with van der Waals surface area (Å²) in [5, 5.41) is 11.3. The summed E-state index contributed by atoms with van der Waals surface area (Å²) in [6.45, 7) is 5.14. The van der Waals surface area contributed by atoms with E-state index in [1.54, 1.807) is 20.8 Å². The molecular formula is C15H16FNO4. The number of carboxylic acid groups (broad SMARTS) is 1. The van der Waals surface area contributed by atoms with Gasteiger partial charge in [0.05, 0.1) is 12.1 Å². The fraction of sp³-hybridized carbons (Fsp3) is 0.333. The highest BCUT2D eigenvalue weighted by molar-refractivity contribution is 5.90.